The van der Waals surface area contributed by atoms with E-state index >= 15 is 0 Å². The van der Waals surface area contributed by atoms with Crippen molar-refractivity contribution in [2.45, 2.75) is 13.1 Å². The second-order valence-electron chi connectivity index (χ2n) is 4.72. The maximum absolute atomic E-state index is 11.2. The summed E-state index contributed by atoms with van der Waals surface area (Å²) in [7, 11) is -0.304. The summed E-state index contributed by atoms with van der Waals surface area (Å²) in [5.41, 5.74) is 2.03. The summed E-state index contributed by atoms with van der Waals surface area (Å²) < 4.78 is 6.02. The first-order valence-electron chi connectivity index (χ1n) is 5.94. The Balaban J connectivity index is 2.22. The second kappa shape index (κ2) is 5.86. The van der Waals surface area contributed by atoms with Gasteiger partial charge in [-0.25, -0.2) is 4.79 Å². The molecule has 2 rings (SSSR count). The molecule has 0 aliphatic rings. The van der Waals surface area contributed by atoms with Gasteiger partial charge in [0.25, 0.3) is 0 Å². The molecule has 5 heteroatoms. The van der Waals surface area contributed by atoms with Gasteiger partial charge in [-0.1, -0.05) is 30.9 Å². The summed E-state index contributed by atoms with van der Waals surface area (Å²) in [6, 6.07) is 8.57. The predicted molar refractivity (Wildman–Crippen MR) is 85.9 cm³/mol. The summed E-state index contributed by atoms with van der Waals surface area (Å²) in [5.74, 6) is -0.282. The number of carbonyl (C=O) groups excluding carboxylic acids is 1. The molecule has 0 fully saturated rings. The summed E-state index contributed by atoms with van der Waals surface area (Å²) in [6.07, 6.45) is 1.55. The Kier molecular flexibility index (Phi) is 4.39. The summed E-state index contributed by atoms with van der Waals surface area (Å²) in [4.78, 5) is 13.8. The van der Waals surface area contributed by atoms with Crippen molar-refractivity contribution in [3.63, 3.8) is 0 Å². The first-order chi connectivity index (χ1) is 9.03. The van der Waals surface area contributed by atoms with Crippen LogP contribution >= 0.6 is 22.7 Å². The fourth-order valence-corrected chi connectivity index (χ4v) is 6.07. The van der Waals surface area contributed by atoms with Gasteiger partial charge in [-0.2, -0.15) is 0 Å². The minimum absolute atomic E-state index is 0.282. The van der Waals surface area contributed by atoms with Crippen LogP contribution in [0.25, 0.3) is 9.75 Å². The molecule has 0 aliphatic carbocycles. The maximum Gasteiger partial charge on any atom is 0.329 e. The zero-order valence-electron chi connectivity index (χ0n) is 11.2. The molecule has 0 N–H and O–H groups in total. The molecule has 0 aliphatic heterocycles. The van der Waals surface area contributed by atoms with Crippen LogP contribution in [0.2, 0.25) is 13.1 Å². The molecule has 2 aromatic rings. The zero-order chi connectivity index (χ0) is 13.9. The molecular formula is C14H16O2S2Si. The fourth-order valence-electron chi connectivity index (χ4n) is 1.66. The van der Waals surface area contributed by atoms with Crippen molar-refractivity contribution < 1.29 is 9.53 Å². The molecule has 0 radical (unpaired) electrons. The zero-order valence-corrected chi connectivity index (χ0v) is 13.8. The van der Waals surface area contributed by atoms with Crippen LogP contribution in [-0.2, 0) is 9.53 Å². The SMILES string of the molecule is COC(=O)/C=C/[Si](C)(C)c1ccc(-c2cccs2)s1. The summed E-state index contributed by atoms with van der Waals surface area (Å²) in [6.45, 7) is 4.47. The Morgan fingerprint density at radius 3 is 2.68 bits per heavy atom. The Labute approximate surface area is 122 Å². The lowest BCUT2D eigenvalue weighted by molar-refractivity contribution is -0.134. The van der Waals surface area contributed by atoms with Crippen molar-refractivity contribution >= 4 is 41.2 Å². The predicted octanol–water partition coefficient (Wildman–Crippen LogP) is 3.66. The van der Waals surface area contributed by atoms with Gasteiger partial charge in [-0.15, -0.1) is 22.7 Å². The molecule has 2 nitrogen and oxygen atoms in total. The molecule has 19 heavy (non-hydrogen) atoms. The van der Waals surface area contributed by atoms with Gasteiger partial charge in [-0.05, 0) is 22.0 Å². The largest absolute Gasteiger partial charge is 0.466 e. The van der Waals surface area contributed by atoms with E-state index in [0.717, 1.165) is 0 Å². The quantitative estimate of drug-likeness (QED) is 0.489. The highest BCUT2D eigenvalue weighted by atomic mass is 32.1. The molecule has 0 amide bonds. The topological polar surface area (TPSA) is 26.3 Å². The lowest BCUT2D eigenvalue weighted by atomic mass is 10.4. The van der Waals surface area contributed by atoms with Gasteiger partial charge in [0, 0.05) is 15.8 Å². The Morgan fingerprint density at radius 2 is 2.05 bits per heavy atom. The molecule has 100 valence electrons. The van der Waals surface area contributed by atoms with E-state index in [0.29, 0.717) is 0 Å². The van der Waals surface area contributed by atoms with Crippen LogP contribution in [0, 0.1) is 0 Å². The minimum atomic E-state index is -1.71. The smallest absolute Gasteiger partial charge is 0.329 e. The Bertz CT molecular complexity index is 582. The lowest BCUT2D eigenvalue weighted by Crippen LogP contribution is -2.37. The summed E-state index contributed by atoms with van der Waals surface area (Å²) in [5, 5.41) is 2.09. The van der Waals surface area contributed by atoms with Gasteiger partial charge in [-0.3, -0.25) is 0 Å². The second-order valence-corrected chi connectivity index (χ2v) is 11.4. The maximum atomic E-state index is 11.2. The van der Waals surface area contributed by atoms with Crippen LogP contribution in [-0.4, -0.2) is 21.2 Å². The number of rotatable bonds is 4. The van der Waals surface area contributed by atoms with Crippen LogP contribution in [0.5, 0.6) is 0 Å². The molecule has 0 spiro atoms. The van der Waals surface area contributed by atoms with Crippen LogP contribution in [0.15, 0.2) is 41.4 Å². The van der Waals surface area contributed by atoms with E-state index in [9.17, 15) is 4.79 Å². The molecule has 0 bridgehead atoms. The van der Waals surface area contributed by atoms with Crippen LogP contribution in [0.4, 0.5) is 0 Å². The van der Waals surface area contributed by atoms with Gasteiger partial charge in [0.1, 0.15) is 8.07 Å². The number of esters is 1. The van der Waals surface area contributed by atoms with Crippen molar-refractivity contribution in [2.24, 2.45) is 0 Å². The average Bonchev–Trinajstić information content (AvgIpc) is 3.05. The van der Waals surface area contributed by atoms with Crippen molar-refractivity contribution in [3.8, 4) is 9.75 Å². The third-order valence-corrected chi connectivity index (χ3v) is 9.13. The third kappa shape index (κ3) is 3.43. The van der Waals surface area contributed by atoms with Crippen molar-refractivity contribution in [1.82, 2.24) is 0 Å². The Hall–Kier alpha value is -1.17. The average molecular weight is 308 g/mol. The lowest BCUT2D eigenvalue weighted by Gasteiger charge is -2.14. The van der Waals surface area contributed by atoms with Crippen LogP contribution in [0.1, 0.15) is 0 Å². The Morgan fingerprint density at radius 1 is 1.26 bits per heavy atom. The van der Waals surface area contributed by atoms with Gasteiger partial charge < -0.3 is 4.74 Å². The molecular weight excluding hydrogens is 292 g/mol. The first-order valence-corrected chi connectivity index (χ1v) is 10.7. The van der Waals surface area contributed by atoms with Gasteiger partial charge in [0.15, 0.2) is 0 Å². The monoisotopic (exact) mass is 308 g/mol. The van der Waals surface area contributed by atoms with Crippen LogP contribution in [0.3, 0.4) is 0 Å². The number of thiophene rings is 2. The van der Waals surface area contributed by atoms with Crippen molar-refractivity contribution in [3.05, 3.63) is 41.4 Å². The van der Waals surface area contributed by atoms with Gasteiger partial charge >= 0.3 is 5.97 Å². The third-order valence-electron chi connectivity index (χ3n) is 2.84. The fraction of sp³-hybridized carbons (Fsp3) is 0.214. The highest BCUT2D eigenvalue weighted by Gasteiger charge is 2.23. The standard InChI is InChI=1S/C14H16O2S2Si/c1-16-13(15)8-10-19(2,3)14-7-6-12(18-14)11-5-4-9-17-11/h4-10H,1-3H3/b10-8+. The first kappa shape index (κ1) is 14.2. The number of hydrogen-bond donors (Lipinski definition) is 0. The molecule has 0 saturated carbocycles. The molecule has 2 aromatic heterocycles. The van der Waals surface area contributed by atoms with Gasteiger partial charge in [0.2, 0.25) is 0 Å². The molecule has 0 aromatic carbocycles. The van der Waals surface area contributed by atoms with Gasteiger partial charge in [0.05, 0.1) is 7.11 Å². The molecule has 0 unspecified atom stereocenters. The minimum Gasteiger partial charge on any atom is -0.466 e. The van der Waals surface area contributed by atoms with E-state index in [1.54, 1.807) is 17.4 Å². The molecule has 0 saturated heterocycles. The number of methoxy groups -OCH3 is 1. The van der Waals surface area contributed by atoms with E-state index in [1.807, 2.05) is 17.0 Å². The number of hydrogen-bond acceptors (Lipinski definition) is 4. The number of carbonyl (C=O) groups is 1. The van der Waals surface area contributed by atoms with E-state index in [2.05, 4.69) is 47.5 Å². The van der Waals surface area contributed by atoms with E-state index in [-0.39, 0.29) is 5.97 Å². The highest BCUT2D eigenvalue weighted by molar-refractivity contribution is 7.31. The van der Waals surface area contributed by atoms with Crippen molar-refractivity contribution in [1.29, 1.82) is 0 Å². The van der Waals surface area contributed by atoms with E-state index in [1.165, 1.54) is 21.4 Å². The summed E-state index contributed by atoms with van der Waals surface area (Å²) >= 11 is 3.58. The van der Waals surface area contributed by atoms with E-state index < -0.39 is 8.07 Å². The molecule has 2 heterocycles. The van der Waals surface area contributed by atoms with E-state index in [4.69, 9.17) is 0 Å². The number of ether oxygens (including phenoxy) is 1. The van der Waals surface area contributed by atoms with Crippen LogP contribution < -0.4 is 4.50 Å². The molecule has 0 atom stereocenters. The normalized spacial score (nSPS) is 11.9. The highest BCUT2D eigenvalue weighted by Crippen LogP contribution is 2.29. The van der Waals surface area contributed by atoms with Crippen molar-refractivity contribution in [2.75, 3.05) is 7.11 Å².